The van der Waals surface area contributed by atoms with Crippen molar-refractivity contribution in [3.63, 3.8) is 0 Å². The van der Waals surface area contributed by atoms with Gasteiger partial charge in [0.25, 0.3) is 5.91 Å². The average Bonchev–Trinajstić information content (AvgIpc) is 2.86. The number of nitrogens with zero attached hydrogens (tertiary/aromatic N) is 3. The number of nitriles is 1. The highest BCUT2D eigenvalue weighted by molar-refractivity contribution is 6.04. The number of pyridine rings is 1. The number of aliphatic hydroxyl groups excluding tert-OH is 1. The molecule has 2 aromatic carbocycles. The lowest BCUT2D eigenvalue weighted by atomic mass is 9.99. The molecule has 2 unspecified atom stereocenters. The number of hydrogen-bond donors (Lipinski definition) is 2. The van der Waals surface area contributed by atoms with E-state index in [0.717, 1.165) is 5.69 Å². The summed E-state index contributed by atoms with van der Waals surface area (Å²) in [5, 5.41) is 22.7. The molecular weight excluding hydrogens is 420 g/mol. The third kappa shape index (κ3) is 5.23. The number of aliphatic hydroxyl groups is 1. The first-order valence-corrected chi connectivity index (χ1v) is 10.4. The van der Waals surface area contributed by atoms with E-state index < -0.39 is 12.1 Å². The standard InChI is InChI=1S/C25H22N4O4/c26-13-17-4-6-19(7-5-17)25(32)28-20-10-8-18(9-11-20)24(31)22-15-33-16-23(30)29(22)14-21-3-1-2-12-27-21/h1-12,22,24,31H,14-16H2,(H,28,32). The van der Waals surface area contributed by atoms with Gasteiger partial charge in [-0.05, 0) is 54.1 Å². The lowest BCUT2D eigenvalue weighted by Gasteiger charge is -2.38. The second-order valence-electron chi connectivity index (χ2n) is 7.64. The smallest absolute Gasteiger partial charge is 0.255 e. The fourth-order valence-electron chi connectivity index (χ4n) is 3.64. The number of morpholine rings is 1. The van der Waals surface area contributed by atoms with Crippen molar-refractivity contribution >= 4 is 17.5 Å². The Kier molecular flexibility index (Phi) is 6.74. The first kappa shape index (κ1) is 22.1. The number of benzene rings is 2. The lowest BCUT2D eigenvalue weighted by Crippen LogP contribution is -2.51. The molecule has 1 saturated heterocycles. The molecule has 2 atom stereocenters. The summed E-state index contributed by atoms with van der Waals surface area (Å²) in [7, 11) is 0. The minimum absolute atomic E-state index is 0.0314. The van der Waals surface area contributed by atoms with E-state index in [9.17, 15) is 14.7 Å². The maximum Gasteiger partial charge on any atom is 0.255 e. The van der Waals surface area contributed by atoms with Gasteiger partial charge in [0.1, 0.15) is 12.7 Å². The summed E-state index contributed by atoms with van der Waals surface area (Å²) < 4.78 is 5.40. The highest BCUT2D eigenvalue weighted by Crippen LogP contribution is 2.26. The normalized spacial score (nSPS) is 16.7. The van der Waals surface area contributed by atoms with Crippen molar-refractivity contribution in [3.8, 4) is 6.07 Å². The lowest BCUT2D eigenvalue weighted by molar-refractivity contribution is -0.155. The number of ether oxygens (including phenoxy) is 1. The zero-order valence-electron chi connectivity index (χ0n) is 17.7. The molecule has 4 rings (SSSR count). The van der Waals surface area contributed by atoms with E-state index in [0.29, 0.717) is 22.4 Å². The van der Waals surface area contributed by atoms with Gasteiger partial charge in [-0.2, -0.15) is 5.26 Å². The van der Waals surface area contributed by atoms with Gasteiger partial charge in [-0.15, -0.1) is 0 Å². The minimum atomic E-state index is -0.971. The molecule has 8 heteroatoms. The number of carbonyl (C=O) groups is 2. The van der Waals surface area contributed by atoms with Crippen LogP contribution in [-0.2, 0) is 16.1 Å². The largest absolute Gasteiger partial charge is 0.386 e. The highest BCUT2D eigenvalue weighted by atomic mass is 16.5. The topological polar surface area (TPSA) is 116 Å². The van der Waals surface area contributed by atoms with Crippen molar-refractivity contribution in [1.29, 1.82) is 5.26 Å². The van der Waals surface area contributed by atoms with Crippen molar-refractivity contribution in [2.75, 3.05) is 18.5 Å². The van der Waals surface area contributed by atoms with Gasteiger partial charge < -0.3 is 20.1 Å². The number of carbonyl (C=O) groups excluding carboxylic acids is 2. The van der Waals surface area contributed by atoms with E-state index in [1.165, 1.54) is 0 Å². The van der Waals surface area contributed by atoms with Gasteiger partial charge in [0.15, 0.2) is 0 Å². The van der Waals surface area contributed by atoms with Crippen LogP contribution in [0.3, 0.4) is 0 Å². The number of amides is 2. The highest BCUT2D eigenvalue weighted by Gasteiger charge is 2.34. The summed E-state index contributed by atoms with van der Waals surface area (Å²) in [5.74, 6) is -0.511. The molecule has 0 aliphatic carbocycles. The summed E-state index contributed by atoms with van der Waals surface area (Å²) in [6, 6.07) is 20.1. The molecule has 0 spiro atoms. The predicted molar refractivity (Wildman–Crippen MR) is 120 cm³/mol. The van der Waals surface area contributed by atoms with Crippen LogP contribution in [-0.4, -0.2) is 46.1 Å². The molecular formula is C25H22N4O4. The van der Waals surface area contributed by atoms with Crippen LogP contribution in [0.15, 0.2) is 72.9 Å². The van der Waals surface area contributed by atoms with Crippen molar-refractivity contribution in [1.82, 2.24) is 9.88 Å². The van der Waals surface area contributed by atoms with Crippen LogP contribution in [0.1, 0.15) is 33.3 Å². The van der Waals surface area contributed by atoms with Gasteiger partial charge in [-0.3, -0.25) is 14.6 Å². The number of rotatable bonds is 6. The zero-order valence-corrected chi connectivity index (χ0v) is 17.7. The van der Waals surface area contributed by atoms with E-state index in [1.807, 2.05) is 18.2 Å². The van der Waals surface area contributed by atoms with E-state index in [4.69, 9.17) is 10.00 Å². The van der Waals surface area contributed by atoms with Crippen LogP contribution in [0.2, 0.25) is 0 Å². The SMILES string of the molecule is N#Cc1ccc(C(=O)Nc2ccc(C(O)C3COCC(=O)N3Cc3ccccn3)cc2)cc1. The van der Waals surface area contributed by atoms with Crippen molar-refractivity contribution in [2.24, 2.45) is 0 Å². The molecule has 3 aromatic rings. The van der Waals surface area contributed by atoms with Gasteiger partial charge >= 0.3 is 0 Å². The van der Waals surface area contributed by atoms with Crippen LogP contribution in [0.25, 0.3) is 0 Å². The average molecular weight is 442 g/mol. The maximum absolute atomic E-state index is 12.5. The Morgan fingerprint density at radius 3 is 2.61 bits per heavy atom. The Balaban J connectivity index is 1.45. The predicted octanol–water partition coefficient (Wildman–Crippen LogP) is 2.67. The Bertz CT molecular complexity index is 1160. The van der Waals surface area contributed by atoms with Crippen molar-refractivity contribution in [2.45, 2.75) is 18.7 Å². The molecule has 0 bridgehead atoms. The van der Waals surface area contributed by atoms with Crippen LogP contribution < -0.4 is 5.32 Å². The molecule has 0 radical (unpaired) electrons. The number of hydrogen-bond acceptors (Lipinski definition) is 6. The maximum atomic E-state index is 12.5. The van der Waals surface area contributed by atoms with Crippen LogP contribution in [0.5, 0.6) is 0 Å². The molecule has 0 saturated carbocycles. The first-order chi connectivity index (χ1) is 16.0. The molecule has 2 amide bonds. The van der Waals surface area contributed by atoms with Crippen molar-refractivity contribution < 1.29 is 19.4 Å². The molecule has 166 valence electrons. The number of aromatic nitrogens is 1. The summed E-state index contributed by atoms with van der Waals surface area (Å²) in [4.78, 5) is 30.8. The minimum Gasteiger partial charge on any atom is -0.386 e. The Hall–Kier alpha value is -4.06. The molecule has 33 heavy (non-hydrogen) atoms. The Morgan fingerprint density at radius 2 is 1.94 bits per heavy atom. The Morgan fingerprint density at radius 1 is 1.18 bits per heavy atom. The number of anilines is 1. The van der Waals surface area contributed by atoms with Crippen LogP contribution in [0.4, 0.5) is 5.69 Å². The molecule has 1 aromatic heterocycles. The Labute approximate surface area is 191 Å². The summed E-state index contributed by atoms with van der Waals surface area (Å²) >= 11 is 0. The molecule has 1 aliphatic rings. The molecule has 2 N–H and O–H groups in total. The molecule has 1 aliphatic heterocycles. The van der Waals surface area contributed by atoms with Crippen molar-refractivity contribution in [3.05, 3.63) is 95.3 Å². The zero-order chi connectivity index (χ0) is 23.2. The second-order valence-corrected chi connectivity index (χ2v) is 7.64. The summed E-state index contributed by atoms with van der Waals surface area (Å²) in [5.41, 5.74) is 2.79. The van der Waals surface area contributed by atoms with E-state index in [2.05, 4.69) is 10.3 Å². The fourth-order valence-corrected chi connectivity index (χ4v) is 3.64. The quantitative estimate of drug-likeness (QED) is 0.606. The molecule has 8 nitrogen and oxygen atoms in total. The second kappa shape index (κ2) is 10.0. The van der Waals surface area contributed by atoms with E-state index in [-0.39, 0.29) is 31.6 Å². The monoisotopic (exact) mass is 442 g/mol. The van der Waals surface area contributed by atoms with Crippen LogP contribution >= 0.6 is 0 Å². The molecule has 1 fully saturated rings. The number of nitrogens with one attached hydrogen (secondary N) is 1. The van der Waals surface area contributed by atoms with E-state index >= 15 is 0 Å². The van der Waals surface area contributed by atoms with Crippen LogP contribution in [0, 0.1) is 11.3 Å². The van der Waals surface area contributed by atoms with Gasteiger partial charge in [0, 0.05) is 17.4 Å². The molecule has 2 heterocycles. The summed E-state index contributed by atoms with van der Waals surface area (Å²) in [6.07, 6.45) is 0.692. The van der Waals surface area contributed by atoms with Gasteiger partial charge in [-0.25, -0.2) is 0 Å². The first-order valence-electron chi connectivity index (χ1n) is 10.4. The third-order valence-corrected chi connectivity index (χ3v) is 5.44. The van der Waals surface area contributed by atoms with Gasteiger partial charge in [-0.1, -0.05) is 18.2 Å². The third-order valence-electron chi connectivity index (χ3n) is 5.44. The van der Waals surface area contributed by atoms with Gasteiger partial charge in [0.05, 0.1) is 36.5 Å². The summed E-state index contributed by atoms with van der Waals surface area (Å²) in [6.45, 7) is 0.455. The van der Waals surface area contributed by atoms with Gasteiger partial charge in [0.2, 0.25) is 5.91 Å². The fraction of sp³-hybridized carbons (Fsp3) is 0.200. The van der Waals surface area contributed by atoms with E-state index in [1.54, 1.807) is 65.7 Å².